The van der Waals surface area contributed by atoms with Crippen LogP contribution in [0.4, 0.5) is 4.39 Å². The fourth-order valence-corrected chi connectivity index (χ4v) is 2.01. The molecule has 1 nitrogen and oxygen atoms in total. The van der Waals surface area contributed by atoms with Crippen LogP contribution in [0.2, 0.25) is 10.0 Å². The van der Waals surface area contributed by atoms with Gasteiger partial charge in [-0.15, -0.1) is 0 Å². The van der Waals surface area contributed by atoms with Gasteiger partial charge in [-0.1, -0.05) is 35.3 Å². The summed E-state index contributed by atoms with van der Waals surface area (Å²) >= 11 is 11.7. The Morgan fingerprint density at radius 1 is 1.06 bits per heavy atom. The first-order chi connectivity index (χ1) is 8.11. The van der Waals surface area contributed by atoms with Gasteiger partial charge in [-0.2, -0.15) is 0 Å². The van der Waals surface area contributed by atoms with E-state index in [-0.39, 0.29) is 5.02 Å². The highest BCUT2D eigenvalue weighted by Crippen LogP contribution is 2.29. The van der Waals surface area contributed by atoms with Crippen molar-refractivity contribution in [2.24, 2.45) is 5.73 Å². The molecule has 0 aliphatic heterocycles. The molecule has 4 heteroatoms. The lowest BCUT2D eigenvalue weighted by molar-refractivity contribution is 0.628. The van der Waals surface area contributed by atoms with Crippen LogP contribution in [0.5, 0.6) is 0 Å². The smallest absolute Gasteiger partial charge is 0.141 e. The molecule has 0 heterocycles. The fourth-order valence-electron chi connectivity index (χ4n) is 1.66. The Morgan fingerprint density at radius 3 is 2.47 bits per heavy atom. The van der Waals surface area contributed by atoms with Gasteiger partial charge in [0.05, 0.1) is 5.02 Å². The van der Waals surface area contributed by atoms with E-state index in [1.54, 1.807) is 24.3 Å². The van der Waals surface area contributed by atoms with Crippen molar-refractivity contribution in [1.29, 1.82) is 0 Å². The molecule has 0 spiro atoms. The summed E-state index contributed by atoms with van der Waals surface area (Å²) in [5.41, 5.74) is 8.28. The average Bonchev–Trinajstić information content (AvgIpc) is 2.32. The number of hydrogen-bond donors (Lipinski definition) is 1. The predicted molar refractivity (Wildman–Crippen MR) is 69.7 cm³/mol. The van der Waals surface area contributed by atoms with Gasteiger partial charge in [-0.05, 0) is 41.0 Å². The quantitative estimate of drug-likeness (QED) is 0.866. The zero-order valence-corrected chi connectivity index (χ0v) is 10.4. The summed E-state index contributed by atoms with van der Waals surface area (Å²) in [6, 6.07) is 9.99. The molecule has 2 aromatic rings. The molecule has 2 N–H and O–H groups in total. The van der Waals surface area contributed by atoms with Crippen LogP contribution in [0.1, 0.15) is 5.56 Å². The van der Waals surface area contributed by atoms with E-state index in [0.29, 0.717) is 11.6 Å². The number of nitrogens with two attached hydrogens (primary N) is 1. The highest BCUT2D eigenvalue weighted by atomic mass is 35.5. The van der Waals surface area contributed by atoms with E-state index in [2.05, 4.69) is 0 Å². The summed E-state index contributed by atoms with van der Waals surface area (Å²) in [7, 11) is 0. The van der Waals surface area contributed by atoms with Crippen LogP contribution in [0.25, 0.3) is 11.1 Å². The topological polar surface area (TPSA) is 26.0 Å². The number of rotatable bonds is 2. The van der Waals surface area contributed by atoms with Gasteiger partial charge in [-0.25, -0.2) is 4.39 Å². The van der Waals surface area contributed by atoms with Crippen molar-refractivity contribution >= 4 is 23.2 Å². The second kappa shape index (κ2) is 5.05. The Balaban J connectivity index is 2.58. The highest BCUT2D eigenvalue weighted by Gasteiger charge is 2.07. The van der Waals surface area contributed by atoms with Crippen molar-refractivity contribution in [2.75, 3.05) is 0 Å². The van der Waals surface area contributed by atoms with Crippen LogP contribution < -0.4 is 5.73 Å². The summed E-state index contributed by atoms with van der Waals surface area (Å²) in [4.78, 5) is 0. The Kier molecular flexibility index (Phi) is 3.67. The van der Waals surface area contributed by atoms with Gasteiger partial charge >= 0.3 is 0 Å². The molecule has 0 saturated carbocycles. The first kappa shape index (κ1) is 12.4. The third-order valence-corrected chi connectivity index (χ3v) is 3.05. The minimum Gasteiger partial charge on any atom is -0.326 e. The number of halogens is 3. The first-order valence-corrected chi connectivity index (χ1v) is 5.81. The van der Waals surface area contributed by atoms with Gasteiger partial charge in [-0.3, -0.25) is 0 Å². The molecule has 0 fully saturated rings. The summed E-state index contributed by atoms with van der Waals surface area (Å²) < 4.78 is 13.1. The molecule has 0 unspecified atom stereocenters. The molecule has 0 bridgehead atoms. The number of benzene rings is 2. The molecule has 17 heavy (non-hydrogen) atoms. The summed E-state index contributed by atoms with van der Waals surface area (Å²) in [6.45, 7) is 0.390. The van der Waals surface area contributed by atoms with E-state index in [9.17, 15) is 4.39 Å². The summed E-state index contributed by atoms with van der Waals surface area (Å²) in [6.07, 6.45) is 0. The maximum Gasteiger partial charge on any atom is 0.141 e. The lowest BCUT2D eigenvalue weighted by Crippen LogP contribution is -1.99. The van der Waals surface area contributed by atoms with Gasteiger partial charge in [0.1, 0.15) is 5.82 Å². The molecule has 2 rings (SSSR count). The normalized spacial score (nSPS) is 10.6. The molecule has 88 valence electrons. The molecule has 0 saturated heterocycles. The fraction of sp³-hybridized carbons (Fsp3) is 0.0769. The van der Waals surface area contributed by atoms with Gasteiger partial charge < -0.3 is 5.73 Å². The van der Waals surface area contributed by atoms with Crippen LogP contribution in [-0.2, 0) is 6.54 Å². The molecule has 0 aliphatic carbocycles. The van der Waals surface area contributed by atoms with E-state index in [1.807, 2.05) is 6.07 Å². The molecule has 2 aromatic carbocycles. The van der Waals surface area contributed by atoms with Crippen molar-refractivity contribution in [3.63, 3.8) is 0 Å². The van der Waals surface area contributed by atoms with Crippen LogP contribution in [0.15, 0.2) is 36.4 Å². The summed E-state index contributed by atoms with van der Waals surface area (Å²) in [5.74, 6) is -0.438. The van der Waals surface area contributed by atoms with Crippen molar-refractivity contribution in [1.82, 2.24) is 0 Å². The minimum absolute atomic E-state index is 0.0884. The van der Waals surface area contributed by atoms with E-state index in [0.717, 1.165) is 16.7 Å². The van der Waals surface area contributed by atoms with E-state index in [4.69, 9.17) is 28.9 Å². The number of hydrogen-bond acceptors (Lipinski definition) is 1. The van der Waals surface area contributed by atoms with Crippen LogP contribution >= 0.6 is 23.2 Å². The standard InChI is InChI=1S/C13H10Cl2FN/c14-10-3-1-9(7-17)11(6-10)8-2-4-13(16)12(15)5-8/h1-6H,7,17H2. The largest absolute Gasteiger partial charge is 0.326 e. The Morgan fingerprint density at radius 2 is 1.82 bits per heavy atom. The first-order valence-electron chi connectivity index (χ1n) is 5.05. The lowest BCUT2D eigenvalue weighted by Gasteiger charge is -2.09. The van der Waals surface area contributed by atoms with Gasteiger partial charge in [0.25, 0.3) is 0 Å². The summed E-state index contributed by atoms with van der Waals surface area (Å²) in [5, 5.41) is 0.697. The monoisotopic (exact) mass is 269 g/mol. The average molecular weight is 270 g/mol. The molecule has 0 aliphatic rings. The maximum absolute atomic E-state index is 13.1. The third-order valence-electron chi connectivity index (χ3n) is 2.52. The van der Waals surface area contributed by atoms with Gasteiger partial charge in [0.15, 0.2) is 0 Å². The highest BCUT2D eigenvalue weighted by molar-refractivity contribution is 6.31. The molecule has 0 amide bonds. The van der Waals surface area contributed by atoms with E-state index < -0.39 is 5.82 Å². The van der Waals surface area contributed by atoms with Crippen molar-refractivity contribution < 1.29 is 4.39 Å². The Bertz CT molecular complexity index is 555. The second-order valence-corrected chi connectivity index (χ2v) is 4.48. The predicted octanol–water partition coefficient (Wildman–Crippen LogP) is 4.26. The zero-order chi connectivity index (χ0) is 12.4. The second-order valence-electron chi connectivity index (χ2n) is 3.63. The van der Waals surface area contributed by atoms with Crippen LogP contribution in [-0.4, -0.2) is 0 Å². The maximum atomic E-state index is 13.1. The Hall–Kier alpha value is -1.09. The Labute approximate surface area is 109 Å². The SMILES string of the molecule is NCc1ccc(Cl)cc1-c1ccc(F)c(Cl)c1. The third kappa shape index (κ3) is 2.60. The van der Waals surface area contributed by atoms with Crippen LogP contribution in [0.3, 0.4) is 0 Å². The van der Waals surface area contributed by atoms with Crippen molar-refractivity contribution in [3.8, 4) is 11.1 Å². The van der Waals surface area contributed by atoms with E-state index in [1.165, 1.54) is 6.07 Å². The van der Waals surface area contributed by atoms with Crippen molar-refractivity contribution in [3.05, 3.63) is 57.8 Å². The molecular formula is C13H10Cl2FN. The zero-order valence-electron chi connectivity index (χ0n) is 8.88. The minimum atomic E-state index is -0.438. The van der Waals surface area contributed by atoms with Crippen LogP contribution in [0, 0.1) is 5.82 Å². The van der Waals surface area contributed by atoms with Gasteiger partial charge in [0.2, 0.25) is 0 Å². The van der Waals surface area contributed by atoms with Crippen molar-refractivity contribution in [2.45, 2.75) is 6.54 Å². The lowest BCUT2D eigenvalue weighted by atomic mass is 10.00. The molecule has 0 aromatic heterocycles. The molecular weight excluding hydrogens is 260 g/mol. The van der Waals surface area contributed by atoms with Gasteiger partial charge in [0, 0.05) is 11.6 Å². The molecule has 0 radical (unpaired) electrons. The molecule has 0 atom stereocenters. The van der Waals surface area contributed by atoms with E-state index >= 15 is 0 Å².